The molecule has 1 aromatic carbocycles. The minimum Gasteiger partial charge on any atom is -0.329 e. The Morgan fingerprint density at radius 1 is 1.19 bits per heavy atom. The Kier molecular flexibility index (Phi) is 6.17. The van der Waals surface area contributed by atoms with Gasteiger partial charge >= 0.3 is 0 Å². The maximum atomic E-state index is 12.2. The third kappa shape index (κ3) is 4.81. The molecule has 116 valence electrons. The summed E-state index contributed by atoms with van der Waals surface area (Å²) in [5, 5.41) is 3.03. The first kappa shape index (κ1) is 15.9. The summed E-state index contributed by atoms with van der Waals surface area (Å²) in [5.41, 5.74) is 7.68. The molecule has 0 saturated carbocycles. The highest BCUT2D eigenvalue weighted by atomic mass is 16.2. The Balaban J connectivity index is 1.80. The first-order valence-electron chi connectivity index (χ1n) is 7.75. The van der Waals surface area contributed by atoms with Crippen LogP contribution in [0, 0.1) is 0 Å². The van der Waals surface area contributed by atoms with Crippen LogP contribution in [0.25, 0.3) is 0 Å². The number of para-hydroxylation sites is 1. The summed E-state index contributed by atoms with van der Waals surface area (Å²) >= 11 is 0. The normalized spacial score (nSPS) is 16.9. The fraction of sp³-hybridized carbons (Fsp3) is 0.562. The number of carbonyl (C=O) groups excluding carboxylic acids is 1. The second-order valence-corrected chi connectivity index (χ2v) is 5.47. The number of nitrogens with two attached hydrogens (primary N) is 1. The van der Waals surface area contributed by atoms with Crippen molar-refractivity contribution in [3.05, 3.63) is 29.8 Å². The molecule has 1 aromatic rings. The smallest absolute Gasteiger partial charge is 0.238 e. The number of nitrogens with one attached hydrogen (secondary N) is 1. The fourth-order valence-electron chi connectivity index (χ4n) is 2.70. The topological polar surface area (TPSA) is 61.6 Å². The summed E-state index contributed by atoms with van der Waals surface area (Å²) in [6.45, 7) is 8.08. The maximum absolute atomic E-state index is 12.2. The number of hydrogen-bond acceptors (Lipinski definition) is 4. The molecule has 1 aliphatic rings. The maximum Gasteiger partial charge on any atom is 0.238 e. The van der Waals surface area contributed by atoms with E-state index in [0.29, 0.717) is 13.1 Å². The van der Waals surface area contributed by atoms with Crippen LogP contribution in [0.15, 0.2) is 24.3 Å². The molecule has 2 rings (SSSR count). The Morgan fingerprint density at radius 2 is 1.86 bits per heavy atom. The number of aryl methyl sites for hydroxylation is 1. The molecule has 21 heavy (non-hydrogen) atoms. The predicted molar refractivity (Wildman–Crippen MR) is 86.4 cm³/mol. The number of nitrogens with zero attached hydrogens (tertiary/aromatic N) is 2. The zero-order valence-corrected chi connectivity index (χ0v) is 12.8. The molecule has 1 amide bonds. The van der Waals surface area contributed by atoms with Crippen molar-refractivity contribution in [2.45, 2.75) is 13.3 Å². The van der Waals surface area contributed by atoms with Crippen LogP contribution in [0.4, 0.5) is 5.69 Å². The van der Waals surface area contributed by atoms with Crippen LogP contribution in [0.2, 0.25) is 0 Å². The van der Waals surface area contributed by atoms with Crippen molar-refractivity contribution in [1.82, 2.24) is 9.80 Å². The van der Waals surface area contributed by atoms with E-state index in [2.05, 4.69) is 28.1 Å². The molecule has 1 fully saturated rings. The van der Waals surface area contributed by atoms with Crippen molar-refractivity contribution in [2.75, 3.05) is 51.1 Å². The van der Waals surface area contributed by atoms with Crippen molar-refractivity contribution >= 4 is 11.6 Å². The highest BCUT2D eigenvalue weighted by Crippen LogP contribution is 2.15. The molecule has 0 unspecified atom stereocenters. The zero-order chi connectivity index (χ0) is 15.1. The number of piperazine rings is 1. The SMILES string of the molecule is CCc1ccccc1NC(=O)CN1CCN(CCN)CC1. The fourth-order valence-corrected chi connectivity index (χ4v) is 2.70. The molecule has 1 saturated heterocycles. The summed E-state index contributed by atoms with van der Waals surface area (Å²) in [7, 11) is 0. The second-order valence-electron chi connectivity index (χ2n) is 5.47. The molecule has 5 nitrogen and oxygen atoms in total. The van der Waals surface area contributed by atoms with E-state index in [-0.39, 0.29) is 5.91 Å². The van der Waals surface area contributed by atoms with Crippen LogP contribution < -0.4 is 11.1 Å². The second kappa shape index (κ2) is 8.12. The molecule has 0 spiro atoms. The summed E-state index contributed by atoms with van der Waals surface area (Å²) in [4.78, 5) is 16.7. The summed E-state index contributed by atoms with van der Waals surface area (Å²) < 4.78 is 0. The molecule has 0 radical (unpaired) electrons. The quantitative estimate of drug-likeness (QED) is 0.812. The van der Waals surface area contributed by atoms with Crippen molar-refractivity contribution in [3.8, 4) is 0 Å². The van der Waals surface area contributed by atoms with Crippen molar-refractivity contribution in [3.63, 3.8) is 0 Å². The Bertz CT molecular complexity index is 455. The molecule has 5 heteroatoms. The minimum atomic E-state index is 0.0724. The molecule has 1 heterocycles. The van der Waals surface area contributed by atoms with Crippen LogP contribution in [0.1, 0.15) is 12.5 Å². The lowest BCUT2D eigenvalue weighted by molar-refractivity contribution is -0.117. The van der Waals surface area contributed by atoms with E-state index in [9.17, 15) is 4.79 Å². The van der Waals surface area contributed by atoms with Gasteiger partial charge in [-0.05, 0) is 18.1 Å². The van der Waals surface area contributed by atoms with E-state index in [4.69, 9.17) is 5.73 Å². The predicted octanol–water partition coefficient (Wildman–Crippen LogP) is 0.764. The molecule has 0 aromatic heterocycles. The van der Waals surface area contributed by atoms with Gasteiger partial charge < -0.3 is 11.1 Å². The lowest BCUT2D eigenvalue weighted by atomic mass is 10.1. The Hall–Kier alpha value is -1.43. The molecule has 0 aliphatic carbocycles. The Labute approximate surface area is 127 Å². The van der Waals surface area contributed by atoms with E-state index < -0.39 is 0 Å². The van der Waals surface area contributed by atoms with Gasteiger partial charge in [0.25, 0.3) is 0 Å². The average molecular weight is 290 g/mol. The standard InChI is InChI=1S/C16H26N4O/c1-2-14-5-3-4-6-15(14)18-16(21)13-20-11-9-19(8-7-17)10-12-20/h3-6H,2,7-13,17H2,1H3,(H,18,21). The largest absolute Gasteiger partial charge is 0.329 e. The van der Waals surface area contributed by atoms with Gasteiger partial charge in [0.15, 0.2) is 0 Å². The van der Waals surface area contributed by atoms with Crippen LogP contribution >= 0.6 is 0 Å². The van der Waals surface area contributed by atoms with E-state index in [1.54, 1.807) is 0 Å². The Morgan fingerprint density at radius 3 is 2.52 bits per heavy atom. The van der Waals surface area contributed by atoms with E-state index in [0.717, 1.165) is 44.8 Å². The number of amides is 1. The first-order chi connectivity index (χ1) is 10.2. The monoisotopic (exact) mass is 290 g/mol. The van der Waals surface area contributed by atoms with Gasteiger partial charge in [-0.3, -0.25) is 14.6 Å². The highest BCUT2D eigenvalue weighted by molar-refractivity contribution is 5.93. The van der Waals surface area contributed by atoms with E-state index >= 15 is 0 Å². The number of anilines is 1. The zero-order valence-electron chi connectivity index (χ0n) is 12.8. The molecule has 0 bridgehead atoms. The van der Waals surface area contributed by atoms with E-state index in [1.807, 2.05) is 18.2 Å². The molecular formula is C16H26N4O. The van der Waals surface area contributed by atoms with Gasteiger partial charge in [-0.2, -0.15) is 0 Å². The summed E-state index contributed by atoms with van der Waals surface area (Å²) in [6.07, 6.45) is 0.925. The first-order valence-corrected chi connectivity index (χ1v) is 7.75. The lowest BCUT2D eigenvalue weighted by Gasteiger charge is -2.34. The lowest BCUT2D eigenvalue weighted by Crippen LogP contribution is -2.49. The van der Waals surface area contributed by atoms with Gasteiger partial charge in [0, 0.05) is 45.0 Å². The van der Waals surface area contributed by atoms with Gasteiger partial charge in [0.05, 0.1) is 6.54 Å². The third-order valence-corrected chi connectivity index (χ3v) is 3.95. The van der Waals surface area contributed by atoms with Crippen molar-refractivity contribution < 1.29 is 4.79 Å². The molecule has 0 atom stereocenters. The van der Waals surface area contributed by atoms with Crippen LogP contribution in [0.5, 0.6) is 0 Å². The number of carbonyl (C=O) groups is 1. The molecule has 1 aliphatic heterocycles. The van der Waals surface area contributed by atoms with Crippen LogP contribution in [-0.2, 0) is 11.2 Å². The highest BCUT2D eigenvalue weighted by Gasteiger charge is 2.18. The van der Waals surface area contributed by atoms with Gasteiger partial charge in [-0.1, -0.05) is 25.1 Å². The van der Waals surface area contributed by atoms with Crippen molar-refractivity contribution in [1.29, 1.82) is 0 Å². The average Bonchev–Trinajstić information content (AvgIpc) is 2.50. The molecular weight excluding hydrogens is 264 g/mol. The van der Waals surface area contributed by atoms with E-state index in [1.165, 1.54) is 5.56 Å². The van der Waals surface area contributed by atoms with Gasteiger partial charge in [0.2, 0.25) is 5.91 Å². The van der Waals surface area contributed by atoms with Crippen LogP contribution in [-0.4, -0.2) is 61.5 Å². The van der Waals surface area contributed by atoms with Gasteiger partial charge in [-0.15, -0.1) is 0 Å². The van der Waals surface area contributed by atoms with Gasteiger partial charge in [0.1, 0.15) is 0 Å². The number of rotatable bonds is 6. The number of benzene rings is 1. The summed E-state index contributed by atoms with van der Waals surface area (Å²) in [6, 6.07) is 7.99. The van der Waals surface area contributed by atoms with Crippen molar-refractivity contribution in [2.24, 2.45) is 5.73 Å². The summed E-state index contributed by atoms with van der Waals surface area (Å²) in [5.74, 6) is 0.0724. The molecule has 3 N–H and O–H groups in total. The third-order valence-electron chi connectivity index (χ3n) is 3.95. The van der Waals surface area contributed by atoms with Crippen LogP contribution in [0.3, 0.4) is 0 Å². The number of hydrogen-bond donors (Lipinski definition) is 2. The minimum absolute atomic E-state index is 0.0724. The van der Waals surface area contributed by atoms with Gasteiger partial charge in [-0.25, -0.2) is 0 Å².